The molecule has 2 aromatic carbocycles. The highest BCUT2D eigenvalue weighted by molar-refractivity contribution is 5.80. The molecule has 2 rings (SSSR count). The molecule has 10 nitrogen and oxygen atoms in total. The summed E-state index contributed by atoms with van der Waals surface area (Å²) < 4.78 is 5.78. The van der Waals surface area contributed by atoms with E-state index in [1.54, 1.807) is 6.21 Å². The summed E-state index contributed by atoms with van der Waals surface area (Å²) in [4.78, 5) is 0. The van der Waals surface area contributed by atoms with E-state index in [2.05, 4.69) is 10.5 Å². The first kappa shape index (κ1) is 27.7. The van der Waals surface area contributed by atoms with Gasteiger partial charge in [-0.3, -0.25) is 5.43 Å². The highest BCUT2D eigenvalue weighted by Gasteiger charge is 2.13. The number of hydrazone groups is 1. The van der Waals surface area contributed by atoms with E-state index in [0.717, 1.165) is 43.1 Å². The van der Waals surface area contributed by atoms with Crippen molar-refractivity contribution in [3.05, 3.63) is 58.4 Å². The van der Waals surface area contributed by atoms with Gasteiger partial charge >= 0.3 is 0 Å². The molecule has 0 bridgehead atoms. The molecule has 0 heterocycles. The van der Waals surface area contributed by atoms with E-state index in [9.17, 15) is 15.6 Å². The largest absolute Gasteiger partial charge is 0.595 e. The maximum atomic E-state index is 11.4. The molecular formula is C24H36N4O6. The number of unbranched alkanes of at least 4 members (excludes halogenated alkanes) is 8. The van der Waals surface area contributed by atoms with Crippen LogP contribution in [0.25, 0.3) is 0 Å². The van der Waals surface area contributed by atoms with Crippen molar-refractivity contribution in [1.82, 2.24) is 0 Å². The Bertz CT molecular complexity index is 846. The van der Waals surface area contributed by atoms with Gasteiger partial charge in [0.25, 0.3) is 0 Å². The molecule has 2 aromatic rings. The summed E-state index contributed by atoms with van der Waals surface area (Å²) >= 11 is 0. The second kappa shape index (κ2) is 16.1. The number of ether oxygens (including phenoxy) is 1. The highest BCUT2D eigenvalue weighted by atomic mass is 16.8. The maximum Gasteiger partial charge on any atom is 0.195 e. The van der Waals surface area contributed by atoms with Gasteiger partial charge in [-0.25, -0.2) is 10.4 Å². The lowest BCUT2D eigenvalue weighted by molar-refractivity contribution is -0.996. The second-order valence-corrected chi connectivity index (χ2v) is 8.06. The predicted molar refractivity (Wildman–Crippen MR) is 130 cm³/mol. The van der Waals surface area contributed by atoms with Crippen LogP contribution in [0.2, 0.25) is 0 Å². The van der Waals surface area contributed by atoms with Crippen molar-refractivity contribution >= 4 is 23.3 Å². The van der Waals surface area contributed by atoms with Crippen LogP contribution in [0, 0.1) is 10.4 Å². The van der Waals surface area contributed by atoms with Crippen LogP contribution in [-0.2, 0) is 0 Å². The van der Waals surface area contributed by atoms with Crippen molar-refractivity contribution < 1.29 is 30.7 Å². The minimum Gasteiger partial charge on any atom is -0.595 e. The van der Waals surface area contributed by atoms with Gasteiger partial charge in [0.2, 0.25) is 0 Å². The summed E-state index contributed by atoms with van der Waals surface area (Å²) in [7, 11) is 0. The topological polar surface area (TPSA) is 149 Å². The average Bonchev–Trinajstić information content (AvgIpc) is 2.83. The van der Waals surface area contributed by atoms with Crippen LogP contribution in [0.15, 0.2) is 47.6 Å². The van der Waals surface area contributed by atoms with Gasteiger partial charge in [-0.2, -0.15) is 15.6 Å². The minimum atomic E-state index is -1.24. The average molecular weight is 477 g/mol. The van der Waals surface area contributed by atoms with Crippen LogP contribution in [0.4, 0.5) is 17.1 Å². The third-order valence-electron chi connectivity index (χ3n) is 5.35. The van der Waals surface area contributed by atoms with Crippen LogP contribution in [0.5, 0.6) is 5.75 Å². The normalized spacial score (nSPS) is 13.2. The lowest BCUT2D eigenvalue weighted by Gasteiger charge is -2.17. The third-order valence-corrected chi connectivity index (χ3v) is 5.35. The van der Waals surface area contributed by atoms with Crippen molar-refractivity contribution in [3.63, 3.8) is 0 Å². The number of aliphatic hydroxyl groups is 1. The number of nitrogens with one attached hydrogen (secondary N) is 3. The molecule has 0 aliphatic rings. The summed E-state index contributed by atoms with van der Waals surface area (Å²) in [5, 5.41) is 51.1. The standard InChI is InChI=1S/C24H36N4O6/c29-16-8-6-4-2-1-3-5-7-9-17-34-22-13-10-20(11-14-22)19-25-26-23-15-12-21(27(30)31)18-24(23)28(32)33/h10-15,18-19,26-30,32H,1-9,16-17H2/b25-19+. The number of hydrogen-bond donors (Lipinski definition) is 6. The first-order chi connectivity index (χ1) is 16.5. The van der Waals surface area contributed by atoms with E-state index >= 15 is 0 Å². The third kappa shape index (κ3) is 10.6. The zero-order chi connectivity index (χ0) is 24.6. The summed E-state index contributed by atoms with van der Waals surface area (Å²) in [5.41, 5.74) is 3.39. The van der Waals surface area contributed by atoms with Crippen LogP contribution in [0.1, 0.15) is 63.4 Å². The molecule has 6 N–H and O–H groups in total. The fourth-order valence-corrected chi connectivity index (χ4v) is 3.42. The maximum absolute atomic E-state index is 11.4. The van der Waals surface area contributed by atoms with Crippen LogP contribution in [0.3, 0.4) is 0 Å². The summed E-state index contributed by atoms with van der Waals surface area (Å²) in [5.74, 6) is 0.784. The molecule has 0 spiro atoms. The lowest BCUT2D eigenvalue weighted by Crippen LogP contribution is -3.00. The zero-order valence-corrected chi connectivity index (χ0v) is 19.4. The van der Waals surface area contributed by atoms with Crippen molar-refractivity contribution in [2.45, 2.75) is 57.8 Å². The second-order valence-electron chi connectivity index (χ2n) is 8.06. The Balaban J connectivity index is 1.67. The minimum absolute atomic E-state index is 0.104. The molecule has 34 heavy (non-hydrogen) atoms. The molecule has 10 heteroatoms. The van der Waals surface area contributed by atoms with Gasteiger partial charge in [0.15, 0.2) is 11.4 Å². The fraction of sp³-hybridized carbons (Fsp3) is 0.458. The molecule has 0 saturated heterocycles. The van der Waals surface area contributed by atoms with Gasteiger partial charge in [0.1, 0.15) is 11.4 Å². The van der Waals surface area contributed by atoms with E-state index in [1.807, 2.05) is 24.3 Å². The lowest BCUT2D eigenvalue weighted by atomic mass is 10.1. The van der Waals surface area contributed by atoms with Crippen molar-refractivity contribution in [2.24, 2.45) is 5.10 Å². The molecule has 0 aliphatic carbocycles. The zero-order valence-electron chi connectivity index (χ0n) is 19.4. The highest BCUT2D eigenvalue weighted by Crippen LogP contribution is 2.20. The van der Waals surface area contributed by atoms with E-state index in [-0.39, 0.29) is 17.1 Å². The molecule has 0 aromatic heterocycles. The van der Waals surface area contributed by atoms with Crippen LogP contribution >= 0.6 is 0 Å². The number of hydrogen-bond acceptors (Lipinski definition) is 8. The predicted octanol–water partition coefficient (Wildman–Crippen LogP) is 2.82. The number of anilines is 1. The molecule has 0 amide bonds. The Morgan fingerprint density at radius 1 is 0.824 bits per heavy atom. The molecule has 2 unspecified atom stereocenters. The number of rotatable bonds is 17. The first-order valence-corrected chi connectivity index (χ1v) is 11.7. The molecule has 0 saturated carbocycles. The van der Waals surface area contributed by atoms with Gasteiger partial charge in [-0.1, -0.05) is 44.9 Å². The molecule has 0 radical (unpaired) electrons. The van der Waals surface area contributed by atoms with Gasteiger partial charge in [-0.05, 0) is 48.7 Å². The van der Waals surface area contributed by atoms with Gasteiger partial charge in [-0.15, -0.1) is 0 Å². The Hall–Kier alpha value is -2.57. The van der Waals surface area contributed by atoms with Gasteiger partial charge in [0.05, 0.1) is 18.9 Å². The Morgan fingerprint density at radius 2 is 1.44 bits per heavy atom. The monoisotopic (exact) mass is 476 g/mol. The molecular weight excluding hydrogens is 440 g/mol. The number of quaternary nitrogens is 2. The number of benzene rings is 2. The fourth-order valence-electron chi connectivity index (χ4n) is 3.42. The van der Waals surface area contributed by atoms with Gasteiger partial charge < -0.3 is 20.3 Å². The molecule has 0 aliphatic heterocycles. The summed E-state index contributed by atoms with van der Waals surface area (Å²) in [6, 6.07) is 11.2. The molecule has 0 fully saturated rings. The van der Waals surface area contributed by atoms with E-state index in [4.69, 9.17) is 15.1 Å². The van der Waals surface area contributed by atoms with Crippen LogP contribution < -0.4 is 20.6 Å². The van der Waals surface area contributed by atoms with E-state index in [1.165, 1.54) is 44.2 Å². The van der Waals surface area contributed by atoms with Crippen LogP contribution in [-0.4, -0.2) is 34.9 Å². The Kier molecular flexibility index (Phi) is 13.1. The SMILES string of the molecule is [O-][NH+](O)c1ccc(N/N=C/c2ccc(OCCCCCCCCCCCO)cc2)c([NH+]([O-])O)c1. The van der Waals surface area contributed by atoms with E-state index in [0.29, 0.717) is 13.2 Å². The smallest absolute Gasteiger partial charge is 0.195 e. The van der Waals surface area contributed by atoms with E-state index < -0.39 is 10.5 Å². The van der Waals surface area contributed by atoms with Crippen molar-refractivity contribution in [2.75, 3.05) is 18.6 Å². The quantitative estimate of drug-likeness (QED) is 0.117. The van der Waals surface area contributed by atoms with Gasteiger partial charge in [0, 0.05) is 12.7 Å². The summed E-state index contributed by atoms with van der Waals surface area (Å²) in [6.45, 7) is 0.977. The Labute approximate surface area is 200 Å². The molecule has 188 valence electrons. The van der Waals surface area contributed by atoms with Crippen molar-refractivity contribution in [1.29, 1.82) is 0 Å². The first-order valence-electron chi connectivity index (χ1n) is 11.7. The molecule has 2 atom stereocenters. The number of nitrogens with zero attached hydrogens (tertiary/aromatic N) is 1. The van der Waals surface area contributed by atoms with Crippen molar-refractivity contribution in [3.8, 4) is 5.75 Å². The number of aliphatic hydroxyl groups excluding tert-OH is 1. The Morgan fingerprint density at radius 3 is 2.03 bits per heavy atom. The summed E-state index contributed by atoms with van der Waals surface area (Å²) in [6.07, 6.45) is 11.9.